The van der Waals surface area contributed by atoms with Crippen LogP contribution in [0.5, 0.6) is 11.8 Å². The van der Waals surface area contributed by atoms with E-state index in [9.17, 15) is 5.11 Å². The van der Waals surface area contributed by atoms with E-state index in [4.69, 9.17) is 25.8 Å². The lowest BCUT2D eigenvalue weighted by atomic mass is 9.91. The van der Waals surface area contributed by atoms with Crippen molar-refractivity contribution in [3.8, 4) is 22.9 Å². The molecule has 4 aromatic rings. The monoisotopic (exact) mass is 524 g/mol. The fourth-order valence-electron chi connectivity index (χ4n) is 5.28. The molecule has 1 aromatic heterocycles. The van der Waals surface area contributed by atoms with Gasteiger partial charge in [-0.2, -0.15) is 9.97 Å². The average molecular weight is 525 g/mol. The maximum absolute atomic E-state index is 16.4. The summed E-state index contributed by atoms with van der Waals surface area (Å²) in [6, 6.07) is 13.0. The van der Waals surface area contributed by atoms with Gasteiger partial charge in [0.05, 0.1) is 5.02 Å². The van der Waals surface area contributed by atoms with E-state index in [0.29, 0.717) is 28.9 Å². The van der Waals surface area contributed by atoms with Crippen molar-refractivity contribution in [3.63, 3.8) is 0 Å². The number of benzene rings is 3. The van der Waals surface area contributed by atoms with Crippen LogP contribution in [0.2, 0.25) is 5.02 Å². The third-order valence-corrected chi connectivity index (χ3v) is 7.35. The Bertz CT molecular complexity index is 1480. The lowest BCUT2D eigenvalue weighted by molar-refractivity contribution is -0.123. The highest BCUT2D eigenvalue weighted by Gasteiger charge is 2.38. The van der Waals surface area contributed by atoms with Gasteiger partial charge in [0.1, 0.15) is 23.7 Å². The fraction of sp³-hybridized carbons (Fsp3) is 0.333. The van der Waals surface area contributed by atoms with Gasteiger partial charge in [-0.1, -0.05) is 35.9 Å². The Kier molecular flexibility index (Phi) is 6.24. The highest BCUT2D eigenvalue weighted by molar-refractivity contribution is 6.35. The molecule has 4 heterocycles. The molecule has 2 N–H and O–H groups in total. The molecule has 8 nitrogen and oxygen atoms in total. The molecule has 3 saturated heterocycles. The summed E-state index contributed by atoms with van der Waals surface area (Å²) in [7, 11) is 3.01. The van der Waals surface area contributed by atoms with Gasteiger partial charge < -0.3 is 29.5 Å². The predicted molar refractivity (Wildman–Crippen MR) is 140 cm³/mol. The molecular formula is C27H26ClFN4O4. The number of nitrogens with zero attached hydrogens (tertiary/aromatic N) is 3. The number of piperidine rings is 1. The molecule has 2 bridgehead atoms. The number of fused-ring (bicyclic) bond motifs is 4. The molecule has 37 heavy (non-hydrogen) atoms. The first kappa shape index (κ1) is 24.1. The van der Waals surface area contributed by atoms with Crippen molar-refractivity contribution in [1.29, 1.82) is 0 Å². The van der Waals surface area contributed by atoms with Crippen LogP contribution in [0.3, 0.4) is 0 Å². The second-order valence-corrected chi connectivity index (χ2v) is 9.81. The number of methoxy groups -OCH3 is 2. The number of piperazine rings is 1. The number of aromatic hydroxyl groups is 1. The number of phenolic OH excluding ortho intramolecular Hbond substituents is 1. The van der Waals surface area contributed by atoms with Crippen molar-refractivity contribution in [1.82, 2.24) is 15.3 Å². The number of aromatic nitrogens is 2. The second kappa shape index (κ2) is 9.57. The van der Waals surface area contributed by atoms with Gasteiger partial charge in [0, 0.05) is 50.3 Å². The van der Waals surface area contributed by atoms with E-state index >= 15 is 4.39 Å². The van der Waals surface area contributed by atoms with Gasteiger partial charge in [-0.3, -0.25) is 0 Å². The van der Waals surface area contributed by atoms with Crippen molar-refractivity contribution in [2.45, 2.75) is 24.8 Å². The maximum atomic E-state index is 16.4. The molecule has 0 spiro atoms. The summed E-state index contributed by atoms with van der Waals surface area (Å²) in [4.78, 5) is 11.2. The summed E-state index contributed by atoms with van der Waals surface area (Å²) in [5.74, 6) is -0.0281. The molecule has 0 aliphatic carbocycles. The number of ether oxygens (including phenoxy) is 3. The molecule has 0 amide bonds. The van der Waals surface area contributed by atoms with E-state index in [1.807, 2.05) is 24.3 Å². The zero-order valence-electron chi connectivity index (χ0n) is 20.4. The number of nitrogens with one attached hydrogen (secondary N) is 1. The Morgan fingerprint density at radius 2 is 1.84 bits per heavy atom. The van der Waals surface area contributed by atoms with Gasteiger partial charge in [-0.25, -0.2) is 4.39 Å². The molecule has 7 rings (SSSR count). The summed E-state index contributed by atoms with van der Waals surface area (Å²) in [6.45, 7) is 1.50. The summed E-state index contributed by atoms with van der Waals surface area (Å²) in [5.41, 5.74) is 0.724. The van der Waals surface area contributed by atoms with Crippen LogP contribution in [0, 0.1) is 5.82 Å². The summed E-state index contributed by atoms with van der Waals surface area (Å²) in [6.07, 6.45) is 0.481. The summed E-state index contributed by atoms with van der Waals surface area (Å²) >= 11 is 6.75. The molecule has 2 unspecified atom stereocenters. The normalized spacial score (nSPS) is 19.0. The van der Waals surface area contributed by atoms with E-state index in [2.05, 4.69) is 20.2 Å². The molecule has 3 aliphatic rings. The topological polar surface area (TPSA) is 89.0 Å². The number of halogens is 2. The van der Waals surface area contributed by atoms with Crippen molar-refractivity contribution < 1.29 is 23.7 Å². The summed E-state index contributed by atoms with van der Waals surface area (Å²) < 4.78 is 32.6. The number of hydrogen-bond acceptors (Lipinski definition) is 8. The van der Waals surface area contributed by atoms with Gasteiger partial charge >= 0.3 is 6.01 Å². The van der Waals surface area contributed by atoms with Crippen molar-refractivity contribution in [2.24, 2.45) is 0 Å². The quantitative estimate of drug-likeness (QED) is 0.342. The van der Waals surface area contributed by atoms with Crippen molar-refractivity contribution >= 4 is 39.1 Å². The second-order valence-electron chi connectivity index (χ2n) is 9.40. The van der Waals surface area contributed by atoms with Crippen LogP contribution in [-0.2, 0) is 9.47 Å². The third-order valence-electron chi connectivity index (χ3n) is 7.05. The minimum absolute atomic E-state index is 0.0155. The molecule has 3 aliphatic heterocycles. The van der Waals surface area contributed by atoms with E-state index in [1.54, 1.807) is 12.1 Å². The van der Waals surface area contributed by atoms with Crippen LogP contribution in [0.1, 0.15) is 6.42 Å². The minimum Gasteiger partial charge on any atom is -0.508 e. The van der Waals surface area contributed by atoms with Crippen LogP contribution in [0.15, 0.2) is 42.5 Å². The molecule has 10 heteroatoms. The zero-order chi connectivity index (χ0) is 25.7. The molecule has 192 valence electrons. The van der Waals surface area contributed by atoms with Crippen LogP contribution < -0.4 is 15.0 Å². The van der Waals surface area contributed by atoms with E-state index < -0.39 is 12.1 Å². The number of hydrogen-bond donors (Lipinski definition) is 2. The van der Waals surface area contributed by atoms with Gasteiger partial charge in [0.2, 0.25) is 0 Å². The Labute approximate surface area is 217 Å². The molecule has 0 saturated carbocycles. The number of anilines is 1. The largest absolute Gasteiger partial charge is 0.508 e. The molecule has 3 fully saturated rings. The standard InChI is InChI=1S/C27H26ClFN4O4/c1-35-22(36-2)13-37-27-31-25-20(26(32-27)33-11-15-8-16(12-33)30-15)10-21(28)23(24(25)29)19-9-17(34)7-14-5-3-4-6-18(14)19/h3-7,9-10,15-16,22,30,34H,8,11-13H2,1-2H3. The first-order valence-corrected chi connectivity index (χ1v) is 12.4. The minimum atomic E-state index is -0.626. The van der Waals surface area contributed by atoms with Crippen LogP contribution >= 0.6 is 11.6 Å². The van der Waals surface area contributed by atoms with E-state index in [0.717, 1.165) is 30.3 Å². The van der Waals surface area contributed by atoms with Crippen molar-refractivity contribution in [2.75, 3.05) is 38.8 Å². The maximum Gasteiger partial charge on any atom is 0.319 e. The smallest absolute Gasteiger partial charge is 0.319 e. The SMILES string of the molecule is COC(COc1nc(N2CC3CC(C2)N3)c2cc(Cl)c(-c3cc(O)cc4ccccc34)c(F)c2n1)OC. The van der Waals surface area contributed by atoms with Gasteiger partial charge in [0.25, 0.3) is 0 Å². The Morgan fingerprint density at radius 3 is 2.57 bits per heavy atom. The Balaban J connectivity index is 1.54. The third kappa shape index (κ3) is 4.31. The van der Waals surface area contributed by atoms with Crippen LogP contribution in [0.4, 0.5) is 10.2 Å². The molecular weight excluding hydrogens is 499 g/mol. The number of phenols is 1. The Hall–Kier alpha value is -3.24. The fourth-order valence-corrected chi connectivity index (χ4v) is 5.57. The van der Waals surface area contributed by atoms with Crippen LogP contribution in [-0.4, -0.2) is 67.4 Å². The number of rotatable bonds is 7. The van der Waals surface area contributed by atoms with Gasteiger partial charge in [-0.05, 0) is 41.0 Å². The summed E-state index contributed by atoms with van der Waals surface area (Å²) in [5, 5.41) is 16.1. The Morgan fingerprint density at radius 1 is 1.11 bits per heavy atom. The first-order chi connectivity index (χ1) is 17.9. The lowest BCUT2D eigenvalue weighted by Gasteiger charge is -2.48. The molecule has 3 aromatic carbocycles. The van der Waals surface area contributed by atoms with Gasteiger partial charge in [-0.15, -0.1) is 0 Å². The first-order valence-electron chi connectivity index (χ1n) is 12.1. The van der Waals surface area contributed by atoms with Crippen molar-refractivity contribution in [3.05, 3.63) is 53.3 Å². The molecule has 2 atom stereocenters. The van der Waals surface area contributed by atoms with E-state index in [-0.39, 0.29) is 34.5 Å². The highest BCUT2D eigenvalue weighted by atomic mass is 35.5. The lowest BCUT2D eigenvalue weighted by Crippen LogP contribution is -2.67. The highest BCUT2D eigenvalue weighted by Crippen LogP contribution is 2.43. The van der Waals surface area contributed by atoms with Crippen LogP contribution in [0.25, 0.3) is 32.8 Å². The van der Waals surface area contributed by atoms with E-state index in [1.165, 1.54) is 20.3 Å². The van der Waals surface area contributed by atoms with Gasteiger partial charge in [0.15, 0.2) is 12.1 Å². The average Bonchev–Trinajstić information content (AvgIpc) is 2.89. The molecule has 0 radical (unpaired) electrons. The zero-order valence-corrected chi connectivity index (χ0v) is 21.1. The predicted octanol–water partition coefficient (Wildman–Crippen LogP) is 4.50.